The summed E-state index contributed by atoms with van der Waals surface area (Å²) < 4.78 is 5.21. The van der Waals surface area contributed by atoms with Gasteiger partial charge in [-0.25, -0.2) is 0 Å². The molecule has 0 amide bonds. The quantitative estimate of drug-likeness (QED) is 0.825. The molecule has 2 aromatic rings. The average molecular weight is 287 g/mol. The maximum atomic E-state index is 10.1. The first-order valence-corrected chi connectivity index (χ1v) is 6.85. The Bertz CT molecular complexity index is 717. The van der Waals surface area contributed by atoms with E-state index in [-0.39, 0.29) is 5.75 Å². The molecule has 0 spiro atoms. The normalized spacial score (nSPS) is 13.1. The van der Waals surface area contributed by atoms with Gasteiger partial charge in [-0.1, -0.05) is 23.7 Å². The molecule has 0 saturated carbocycles. The van der Waals surface area contributed by atoms with Gasteiger partial charge >= 0.3 is 0 Å². The van der Waals surface area contributed by atoms with E-state index < -0.39 is 0 Å². The van der Waals surface area contributed by atoms with Crippen LogP contribution in [-0.4, -0.2) is 12.2 Å². The molecule has 20 heavy (non-hydrogen) atoms. The molecule has 1 aliphatic rings. The van der Waals surface area contributed by atoms with Gasteiger partial charge in [0.15, 0.2) is 11.5 Å². The monoisotopic (exact) mass is 286 g/mol. The molecule has 2 nitrogen and oxygen atoms in total. The molecule has 3 rings (SSSR count). The number of hydrogen-bond acceptors (Lipinski definition) is 2. The summed E-state index contributed by atoms with van der Waals surface area (Å²) in [6.07, 6.45) is 3.01. The van der Waals surface area contributed by atoms with Gasteiger partial charge in [0.05, 0.1) is 7.11 Å². The summed E-state index contributed by atoms with van der Waals surface area (Å²) in [7, 11) is 1.56. The van der Waals surface area contributed by atoms with Gasteiger partial charge in [0.25, 0.3) is 0 Å². The average Bonchev–Trinajstić information content (AvgIpc) is 2.56. The first-order valence-electron chi connectivity index (χ1n) is 6.47. The molecule has 3 heteroatoms. The van der Waals surface area contributed by atoms with Gasteiger partial charge in [-0.15, -0.1) is 0 Å². The van der Waals surface area contributed by atoms with Gasteiger partial charge in [-0.3, -0.25) is 0 Å². The molecular formula is C17H15ClO2. The highest BCUT2D eigenvalue weighted by Gasteiger charge is 2.17. The van der Waals surface area contributed by atoms with E-state index in [9.17, 15) is 5.11 Å². The number of fused-ring (bicyclic) bond motifs is 3. The molecule has 0 unspecified atom stereocenters. The van der Waals surface area contributed by atoms with Crippen LogP contribution in [-0.2, 0) is 6.42 Å². The Balaban J connectivity index is 2.32. The molecule has 102 valence electrons. The third kappa shape index (κ3) is 2.06. The minimum atomic E-state index is 0.154. The standard InChI is InChI=1S/C17H15ClO2/c1-10-3-4-11-7-12(18)5-6-13(11)15-8-16(19)17(20-2)9-14(10)15/h3,5-9,19H,4H2,1-2H3. The van der Waals surface area contributed by atoms with E-state index >= 15 is 0 Å². The summed E-state index contributed by atoms with van der Waals surface area (Å²) in [5, 5.41) is 10.8. The predicted molar refractivity (Wildman–Crippen MR) is 82.5 cm³/mol. The van der Waals surface area contributed by atoms with E-state index in [1.165, 1.54) is 11.1 Å². The lowest BCUT2D eigenvalue weighted by Crippen LogP contribution is -1.91. The first kappa shape index (κ1) is 13.1. The molecule has 0 aromatic heterocycles. The maximum Gasteiger partial charge on any atom is 0.161 e. The van der Waals surface area contributed by atoms with Crippen molar-refractivity contribution < 1.29 is 9.84 Å². The number of allylic oxidation sites excluding steroid dienone is 2. The summed E-state index contributed by atoms with van der Waals surface area (Å²) in [6.45, 7) is 2.07. The van der Waals surface area contributed by atoms with Crippen molar-refractivity contribution in [2.24, 2.45) is 0 Å². The van der Waals surface area contributed by atoms with E-state index in [4.69, 9.17) is 16.3 Å². The smallest absolute Gasteiger partial charge is 0.161 e. The van der Waals surface area contributed by atoms with Gasteiger partial charge in [-0.05, 0) is 65.4 Å². The predicted octanol–water partition coefficient (Wildman–Crippen LogP) is 4.68. The minimum absolute atomic E-state index is 0.154. The number of rotatable bonds is 1. The molecule has 0 fully saturated rings. The number of ether oxygens (including phenoxy) is 1. The largest absolute Gasteiger partial charge is 0.504 e. The molecule has 2 aromatic carbocycles. The second-order valence-corrected chi connectivity index (χ2v) is 5.40. The summed E-state index contributed by atoms with van der Waals surface area (Å²) in [4.78, 5) is 0. The number of hydrogen-bond donors (Lipinski definition) is 1. The Morgan fingerprint density at radius 3 is 2.65 bits per heavy atom. The van der Waals surface area contributed by atoms with Crippen molar-refractivity contribution in [1.82, 2.24) is 0 Å². The molecular weight excluding hydrogens is 272 g/mol. The number of benzene rings is 2. The van der Waals surface area contributed by atoms with Crippen molar-refractivity contribution in [3.63, 3.8) is 0 Å². The van der Waals surface area contributed by atoms with E-state index in [1.807, 2.05) is 24.3 Å². The number of phenols is 1. The summed E-state index contributed by atoms with van der Waals surface area (Å²) in [5.41, 5.74) is 5.54. The van der Waals surface area contributed by atoms with Gasteiger partial charge in [0.1, 0.15) is 0 Å². The zero-order chi connectivity index (χ0) is 14.3. The summed E-state index contributed by atoms with van der Waals surface area (Å²) in [5.74, 6) is 0.649. The Hall–Kier alpha value is -1.93. The Labute approximate surface area is 123 Å². The van der Waals surface area contributed by atoms with Gasteiger partial charge in [0, 0.05) is 5.02 Å². The number of aromatic hydroxyl groups is 1. The lowest BCUT2D eigenvalue weighted by atomic mass is 9.94. The van der Waals surface area contributed by atoms with Crippen LogP contribution < -0.4 is 4.74 Å². The van der Waals surface area contributed by atoms with Crippen molar-refractivity contribution in [3.05, 3.63) is 52.6 Å². The fraction of sp³-hybridized carbons (Fsp3) is 0.176. The third-order valence-corrected chi connectivity index (χ3v) is 3.96. The molecule has 1 aliphatic carbocycles. The Kier molecular flexibility index (Phi) is 3.19. The van der Waals surface area contributed by atoms with Crippen LogP contribution in [0.1, 0.15) is 18.1 Å². The highest BCUT2D eigenvalue weighted by Crippen LogP contribution is 2.41. The molecule has 0 aliphatic heterocycles. The van der Waals surface area contributed by atoms with Crippen LogP contribution >= 0.6 is 11.6 Å². The fourth-order valence-electron chi connectivity index (χ4n) is 2.65. The number of phenolic OH excluding ortho intramolecular Hbond substituents is 1. The molecule has 0 radical (unpaired) electrons. The molecule has 0 heterocycles. The second-order valence-electron chi connectivity index (χ2n) is 4.96. The zero-order valence-corrected chi connectivity index (χ0v) is 12.2. The van der Waals surface area contributed by atoms with Crippen molar-refractivity contribution in [1.29, 1.82) is 0 Å². The van der Waals surface area contributed by atoms with Crippen LogP contribution in [0.2, 0.25) is 5.02 Å². The highest BCUT2D eigenvalue weighted by atomic mass is 35.5. The topological polar surface area (TPSA) is 29.5 Å². The van der Waals surface area contributed by atoms with Crippen molar-refractivity contribution in [2.75, 3.05) is 7.11 Å². The first-order chi connectivity index (χ1) is 9.60. The number of methoxy groups -OCH3 is 1. The van der Waals surface area contributed by atoms with E-state index in [0.29, 0.717) is 5.75 Å². The Morgan fingerprint density at radius 2 is 1.90 bits per heavy atom. The van der Waals surface area contributed by atoms with Gasteiger partial charge in [-0.2, -0.15) is 0 Å². The van der Waals surface area contributed by atoms with Gasteiger partial charge in [0.2, 0.25) is 0 Å². The van der Waals surface area contributed by atoms with Crippen molar-refractivity contribution >= 4 is 17.2 Å². The number of halogens is 1. The minimum Gasteiger partial charge on any atom is -0.504 e. The fourth-order valence-corrected chi connectivity index (χ4v) is 2.84. The van der Waals surface area contributed by atoms with Gasteiger partial charge < -0.3 is 9.84 Å². The molecule has 1 N–H and O–H groups in total. The summed E-state index contributed by atoms with van der Waals surface area (Å²) >= 11 is 6.08. The van der Waals surface area contributed by atoms with Crippen LogP contribution in [0.4, 0.5) is 0 Å². The lowest BCUT2D eigenvalue weighted by Gasteiger charge is -2.14. The molecule has 0 atom stereocenters. The molecule has 0 bridgehead atoms. The zero-order valence-electron chi connectivity index (χ0n) is 11.4. The Morgan fingerprint density at radius 1 is 1.10 bits per heavy atom. The highest BCUT2D eigenvalue weighted by molar-refractivity contribution is 6.30. The van der Waals surface area contributed by atoms with Crippen LogP contribution in [0.5, 0.6) is 11.5 Å². The maximum absolute atomic E-state index is 10.1. The SMILES string of the molecule is COc1cc2c(cc1O)-c1ccc(Cl)cc1CC=C2C. The van der Waals surface area contributed by atoms with Crippen LogP contribution in [0.15, 0.2) is 36.4 Å². The van der Waals surface area contributed by atoms with Crippen molar-refractivity contribution in [2.45, 2.75) is 13.3 Å². The van der Waals surface area contributed by atoms with Crippen LogP contribution in [0.25, 0.3) is 16.7 Å². The summed E-state index contributed by atoms with van der Waals surface area (Å²) in [6, 6.07) is 9.53. The third-order valence-electron chi connectivity index (χ3n) is 3.73. The van der Waals surface area contributed by atoms with Crippen LogP contribution in [0.3, 0.4) is 0 Å². The lowest BCUT2D eigenvalue weighted by molar-refractivity contribution is 0.373. The van der Waals surface area contributed by atoms with Crippen LogP contribution in [0, 0.1) is 0 Å². The molecule has 0 saturated heterocycles. The van der Waals surface area contributed by atoms with E-state index in [1.54, 1.807) is 13.2 Å². The van der Waals surface area contributed by atoms with Crippen molar-refractivity contribution in [3.8, 4) is 22.6 Å². The second kappa shape index (κ2) is 4.88. The van der Waals surface area contributed by atoms with E-state index in [0.717, 1.165) is 28.1 Å². The van der Waals surface area contributed by atoms with E-state index in [2.05, 4.69) is 13.0 Å².